The van der Waals surface area contributed by atoms with Crippen molar-refractivity contribution in [1.29, 1.82) is 0 Å². The van der Waals surface area contributed by atoms with Gasteiger partial charge in [0.1, 0.15) is 5.01 Å². The van der Waals surface area contributed by atoms with Crippen LogP contribution in [-0.4, -0.2) is 16.6 Å². The molecule has 0 aliphatic heterocycles. The number of amides is 1. The zero-order valence-electron chi connectivity index (χ0n) is 11.7. The summed E-state index contributed by atoms with van der Waals surface area (Å²) in [4.78, 5) is 16.6. The quantitative estimate of drug-likeness (QED) is 0.890. The van der Waals surface area contributed by atoms with Gasteiger partial charge in [-0.2, -0.15) is 0 Å². The molecule has 0 bridgehead atoms. The van der Waals surface area contributed by atoms with Crippen molar-refractivity contribution >= 4 is 29.0 Å². The van der Waals surface area contributed by atoms with E-state index in [-0.39, 0.29) is 5.91 Å². The Hall–Kier alpha value is -1.33. The molecular formula is C15H18N2OS2. The van der Waals surface area contributed by atoms with E-state index in [1.54, 1.807) is 11.3 Å². The smallest absolute Gasteiger partial charge is 0.227 e. The Labute approximate surface area is 127 Å². The van der Waals surface area contributed by atoms with Crippen LogP contribution in [0.2, 0.25) is 0 Å². The van der Waals surface area contributed by atoms with Crippen LogP contribution in [0.1, 0.15) is 23.1 Å². The third-order valence-corrected chi connectivity index (χ3v) is 5.35. The van der Waals surface area contributed by atoms with Crippen LogP contribution in [0.3, 0.4) is 0 Å². The molecule has 1 aromatic carbocycles. The number of rotatable bonds is 6. The fourth-order valence-corrected chi connectivity index (χ4v) is 3.86. The molecule has 5 heteroatoms. The summed E-state index contributed by atoms with van der Waals surface area (Å²) in [6.45, 7) is 4.16. The first kappa shape index (κ1) is 15.1. The van der Waals surface area contributed by atoms with Crippen LogP contribution in [0.25, 0.3) is 10.6 Å². The lowest BCUT2D eigenvalue weighted by atomic mass is 10.1. The Morgan fingerprint density at radius 2 is 2.05 bits per heavy atom. The van der Waals surface area contributed by atoms with Gasteiger partial charge in [0.05, 0.1) is 11.4 Å². The molecule has 0 radical (unpaired) electrons. The lowest BCUT2D eigenvalue weighted by molar-refractivity contribution is -0.115. The Bertz CT molecular complexity index is 590. The molecule has 0 saturated heterocycles. The highest BCUT2D eigenvalue weighted by Crippen LogP contribution is 2.30. The van der Waals surface area contributed by atoms with E-state index in [1.165, 1.54) is 22.2 Å². The second-order valence-corrected chi connectivity index (χ2v) is 6.61. The number of carbonyl (C=O) groups excluding carboxylic acids is 1. The van der Waals surface area contributed by atoms with Crippen molar-refractivity contribution in [2.24, 2.45) is 5.73 Å². The van der Waals surface area contributed by atoms with Gasteiger partial charge in [0.15, 0.2) is 0 Å². The number of thioether (sulfide) groups is 1. The number of hydrogen-bond donors (Lipinski definition) is 1. The average molecular weight is 306 g/mol. The molecule has 1 amide bonds. The highest BCUT2D eigenvalue weighted by atomic mass is 32.2. The van der Waals surface area contributed by atoms with Gasteiger partial charge in [-0.3, -0.25) is 4.79 Å². The Balaban J connectivity index is 2.11. The molecule has 1 heterocycles. The van der Waals surface area contributed by atoms with E-state index in [2.05, 4.69) is 36.2 Å². The minimum Gasteiger partial charge on any atom is -0.369 e. The van der Waals surface area contributed by atoms with Crippen LogP contribution in [0, 0.1) is 6.92 Å². The topological polar surface area (TPSA) is 56.0 Å². The molecule has 0 aliphatic rings. The summed E-state index contributed by atoms with van der Waals surface area (Å²) in [6.07, 6.45) is 1.05. The average Bonchev–Trinajstić information content (AvgIpc) is 2.80. The van der Waals surface area contributed by atoms with Crippen molar-refractivity contribution in [2.45, 2.75) is 26.0 Å². The molecule has 20 heavy (non-hydrogen) atoms. The summed E-state index contributed by atoms with van der Waals surface area (Å²) >= 11 is 3.23. The molecular weight excluding hydrogens is 288 g/mol. The molecule has 0 fully saturated rings. The maximum Gasteiger partial charge on any atom is 0.227 e. The highest BCUT2D eigenvalue weighted by molar-refractivity contribution is 7.99. The van der Waals surface area contributed by atoms with Crippen molar-refractivity contribution in [3.05, 3.63) is 40.4 Å². The number of carbonyl (C=O) groups is 1. The van der Waals surface area contributed by atoms with Gasteiger partial charge in [-0.15, -0.1) is 23.1 Å². The summed E-state index contributed by atoms with van der Waals surface area (Å²) in [6, 6.07) is 8.54. The number of aryl methyl sites for hydroxylation is 2. The van der Waals surface area contributed by atoms with Gasteiger partial charge in [0.25, 0.3) is 0 Å². The van der Waals surface area contributed by atoms with Gasteiger partial charge >= 0.3 is 0 Å². The van der Waals surface area contributed by atoms with E-state index in [0.29, 0.717) is 5.75 Å². The van der Waals surface area contributed by atoms with Crippen LogP contribution >= 0.6 is 23.1 Å². The molecule has 1 aromatic heterocycles. The Kier molecular flexibility index (Phi) is 5.20. The lowest BCUT2D eigenvalue weighted by Gasteiger charge is -1.98. The summed E-state index contributed by atoms with van der Waals surface area (Å²) < 4.78 is 0. The van der Waals surface area contributed by atoms with Crippen molar-refractivity contribution in [1.82, 2.24) is 4.98 Å². The third-order valence-electron chi connectivity index (χ3n) is 2.98. The zero-order chi connectivity index (χ0) is 14.5. The fourth-order valence-electron chi connectivity index (χ4n) is 1.81. The summed E-state index contributed by atoms with van der Waals surface area (Å²) in [5, 5.41) is 1.04. The van der Waals surface area contributed by atoms with Crippen LogP contribution in [-0.2, 0) is 17.0 Å². The van der Waals surface area contributed by atoms with E-state index < -0.39 is 0 Å². The van der Waals surface area contributed by atoms with Gasteiger partial charge in [-0.05, 0) is 18.9 Å². The van der Waals surface area contributed by atoms with Gasteiger partial charge in [-0.25, -0.2) is 4.98 Å². The third kappa shape index (κ3) is 3.84. The summed E-state index contributed by atoms with van der Waals surface area (Å²) in [7, 11) is 0. The number of nitrogens with zero attached hydrogens (tertiary/aromatic N) is 1. The fraction of sp³-hybridized carbons (Fsp3) is 0.333. The molecule has 0 unspecified atom stereocenters. The van der Waals surface area contributed by atoms with Crippen LogP contribution in [0.15, 0.2) is 24.3 Å². The zero-order valence-corrected chi connectivity index (χ0v) is 13.3. The highest BCUT2D eigenvalue weighted by Gasteiger charge is 2.10. The van der Waals surface area contributed by atoms with E-state index >= 15 is 0 Å². The van der Waals surface area contributed by atoms with Crippen molar-refractivity contribution in [3.8, 4) is 10.6 Å². The first-order chi connectivity index (χ1) is 9.60. The number of aromatic nitrogens is 1. The number of primary amides is 1. The molecule has 0 aliphatic carbocycles. The standard InChI is InChI=1S/C15H18N2OS2/c1-3-11-4-6-12(7-5-11)15-17-10(2)13(20-15)8-19-9-14(16)18/h4-7H,3,8-9H2,1-2H3,(H2,16,18). The van der Waals surface area contributed by atoms with Gasteiger partial charge in [-0.1, -0.05) is 31.2 Å². The number of thiazole rings is 1. The molecule has 0 spiro atoms. The van der Waals surface area contributed by atoms with Gasteiger partial charge in [0.2, 0.25) is 5.91 Å². The largest absolute Gasteiger partial charge is 0.369 e. The van der Waals surface area contributed by atoms with E-state index in [4.69, 9.17) is 5.73 Å². The van der Waals surface area contributed by atoms with Crippen LogP contribution in [0.4, 0.5) is 0 Å². The maximum absolute atomic E-state index is 10.8. The maximum atomic E-state index is 10.8. The molecule has 2 aromatic rings. The van der Waals surface area contributed by atoms with Crippen LogP contribution < -0.4 is 5.73 Å². The predicted molar refractivity (Wildman–Crippen MR) is 87.0 cm³/mol. The number of benzene rings is 1. The van der Waals surface area contributed by atoms with Crippen molar-refractivity contribution in [3.63, 3.8) is 0 Å². The number of hydrogen-bond acceptors (Lipinski definition) is 4. The summed E-state index contributed by atoms with van der Waals surface area (Å²) in [5.41, 5.74) is 8.68. The first-order valence-corrected chi connectivity index (χ1v) is 8.49. The summed E-state index contributed by atoms with van der Waals surface area (Å²) in [5.74, 6) is 0.879. The Morgan fingerprint density at radius 1 is 1.35 bits per heavy atom. The Morgan fingerprint density at radius 3 is 2.65 bits per heavy atom. The minimum absolute atomic E-state index is 0.271. The monoisotopic (exact) mass is 306 g/mol. The molecule has 3 nitrogen and oxygen atoms in total. The molecule has 2 rings (SSSR count). The predicted octanol–water partition coefficient (Wildman–Crippen LogP) is 3.40. The molecule has 0 atom stereocenters. The lowest BCUT2D eigenvalue weighted by Crippen LogP contribution is -2.13. The van der Waals surface area contributed by atoms with Gasteiger partial charge in [0, 0.05) is 16.2 Å². The van der Waals surface area contributed by atoms with Crippen LogP contribution in [0.5, 0.6) is 0 Å². The second-order valence-electron chi connectivity index (χ2n) is 4.54. The van der Waals surface area contributed by atoms with E-state index in [1.807, 2.05) is 6.92 Å². The SMILES string of the molecule is CCc1ccc(-c2nc(C)c(CSCC(N)=O)s2)cc1. The second kappa shape index (κ2) is 6.90. The van der Waals surface area contributed by atoms with Crippen molar-refractivity contribution < 1.29 is 4.79 Å². The first-order valence-electron chi connectivity index (χ1n) is 6.51. The van der Waals surface area contributed by atoms with Gasteiger partial charge < -0.3 is 5.73 Å². The molecule has 0 saturated carbocycles. The van der Waals surface area contributed by atoms with E-state index in [9.17, 15) is 4.79 Å². The minimum atomic E-state index is -0.271. The molecule has 2 N–H and O–H groups in total. The normalized spacial score (nSPS) is 10.7. The van der Waals surface area contributed by atoms with E-state index in [0.717, 1.165) is 28.4 Å². The molecule has 106 valence electrons. The van der Waals surface area contributed by atoms with Crippen molar-refractivity contribution in [2.75, 3.05) is 5.75 Å². The number of nitrogens with two attached hydrogens (primary N) is 1.